The van der Waals surface area contributed by atoms with Gasteiger partial charge in [0, 0.05) is 30.9 Å². The summed E-state index contributed by atoms with van der Waals surface area (Å²) in [4.78, 5) is 0. The van der Waals surface area contributed by atoms with Crippen molar-refractivity contribution >= 4 is 15.9 Å². The lowest BCUT2D eigenvalue weighted by atomic mass is 10.3. The van der Waals surface area contributed by atoms with Crippen LogP contribution in [-0.4, -0.2) is 36.6 Å². The summed E-state index contributed by atoms with van der Waals surface area (Å²) in [5, 5.41) is 7.63. The third-order valence-electron chi connectivity index (χ3n) is 2.98. The molecule has 2 rings (SSSR count). The van der Waals surface area contributed by atoms with Crippen LogP contribution in [0.1, 0.15) is 5.69 Å². The van der Waals surface area contributed by atoms with E-state index in [9.17, 15) is 0 Å². The molecule has 5 nitrogen and oxygen atoms in total. The summed E-state index contributed by atoms with van der Waals surface area (Å²) in [5.74, 6) is 0.866. The molecule has 0 atom stereocenters. The first-order valence-electron chi connectivity index (χ1n) is 6.88. The molecule has 2 aromatic rings. The monoisotopic (exact) mass is 353 g/mol. The van der Waals surface area contributed by atoms with Crippen molar-refractivity contribution in [2.24, 2.45) is 0 Å². The van der Waals surface area contributed by atoms with Gasteiger partial charge in [-0.1, -0.05) is 15.9 Å². The maximum Gasteiger partial charge on any atom is 0.119 e. The van der Waals surface area contributed by atoms with Gasteiger partial charge in [0.1, 0.15) is 12.4 Å². The van der Waals surface area contributed by atoms with Crippen LogP contribution in [-0.2, 0) is 17.8 Å². The first-order valence-corrected chi connectivity index (χ1v) is 7.67. The predicted octanol–water partition coefficient (Wildman–Crippen LogP) is 2.46. The van der Waals surface area contributed by atoms with Crippen LogP contribution in [0.2, 0.25) is 0 Å². The van der Waals surface area contributed by atoms with Crippen molar-refractivity contribution in [1.82, 2.24) is 15.1 Å². The Morgan fingerprint density at radius 3 is 2.76 bits per heavy atom. The number of hydrogen-bond acceptors (Lipinski definition) is 4. The molecule has 1 heterocycles. The molecule has 0 aliphatic rings. The molecule has 21 heavy (non-hydrogen) atoms. The zero-order chi connectivity index (χ0) is 14.9. The molecule has 0 aliphatic carbocycles. The van der Waals surface area contributed by atoms with Crippen LogP contribution in [0.3, 0.4) is 0 Å². The van der Waals surface area contributed by atoms with Gasteiger partial charge in [0.2, 0.25) is 0 Å². The van der Waals surface area contributed by atoms with Crippen molar-refractivity contribution in [3.8, 4) is 5.75 Å². The number of nitrogens with zero attached hydrogens (tertiary/aromatic N) is 2. The van der Waals surface area contributed by atoms with Gasteiger partial charge in [0.25, 0.3) is 0 Å². The summed E-state index contributed by atoms with van der Waals surface area (Å²) in [7, 11) is 1.70. The van der Waals surface area contributed by atoms with Gasteiger partial charge in [-0.15, -0.1) is 0 Å². The number of nitrogens with one attached hydrogen (secondary N) is 1. The first kappa shape index (κ1) is 16.0. The topological polar surface area (TPSA) is 48.3 Å². The Hall–Kier alpha value is -1.37. The van der Waals surface area contributed by atoms with Gasteiger partial charge in [0.15, 0.2) is 0 Å². The van der Waals surface area contributed by atoms with Crippen LogP contribution >= 0.6 is 15.9 Å². The number of aromatic nitrogens is 2. The lowest BCUT2D eigenvalue weighted by Crippen LogP contribution is -2.21. The average molecular weight is 354 g/mol. The molecule has 0 bridgehead atoms. The van der Waals surface area contributed by atoms with Gasteiger partial charge in [-0.2, -0.15) is 5.10 Å². The summed E-state index contributed by atoms with van der Waals surface area (Å²) in [6.45, 7) is 3.64. The Kier molecular flexibility index (Phi) is 6.72. The predicted molar refractivity (Wildman–Crippen MR) is 85.4 cm³/mol. The minimum Gasteiger partial charge on any atom is -0.492 e. The molecule has 0 radical (unpaired) electrons. The van der Waals surface area contributed by atoms with Crippen molar-refractivity contribution < 1.29 is 9.47 Å². The summed E-state index contributed by atoms with van der Waals surface area (Å²) >= 11 is 3.40. The van der Waals surface area contributed by atoms with Crippen LogP contribution in [0.15, 0.2) is 41.0 Å². The fraction of sp³-hybridized carbons (Fsp3) is 0.400. The van der Waals surface area contributed by atoms with Gasteiger partial charge >= 0.3 is 0 Å². The standard InChI is InChI=1S/C15H20BrN3O2/c1-20-10-8-17-12-14-6-7-18-19(14)9-11-21-15-4-2-13(16)3-5-15/h2-7,17H,8-12H2,1H3. The van der Waals surface area contributed by atoms with Crippen molar-refractivity contribution in [3.05, 3.63) is 46.7 Å². The van der Waals surface area contributed by atoms with Gasteiger partial charge in [-0.3, -0.25) is 4.68 Å². The van der Waals surface area contributed by atoms with Crippen molar-refractivity contribution in [3.63, 3.8) is 0 Å². The van der Waals surface area contributed by atoms with E-state index < -0.39 is 0 Å². The number of hydrogen-bond donors (Lipinski definition) is 1. The second-order valence-corrected chi connectivity index (χ2v) is 5.43. The zero-order valence-corrected chi connectivity index (χ0v) is 13.7. The second-order valence-electron chi connectivity index (χ2n) is 4.52. The molecule has 1 aromatic heterocycles. The van der Waals surface area contributed by atoms with Crippen molar-refractivity contribution in [1.29, 1.82) is 0 Å². The Morgan fingerprint density at radius 1 is 1.19 bits per heavy atom. The molecule has 0 unspecified atom stereocenters. The molecule has 114 valence electrons. The maximum absolute atomic E-state index is 5.71. The maximum atomic E-state index is 5.71. The van der Waals surface area contributed by atoms with Crippen LogP contribution in [0.4, 0.5) is 0 Å². The van der Waals surface area contributed by atoms with Gasteiger partial charge < -0.3 is 14.8 Å². The quantitative estimate of drug-likeness (QED) is 0.703. The van der Waals surface area contributed by atoms with Gasteiger partial charge in [0.05, 0.1) is 18.8 Å². The average Bonchev–Trinajstić information content (AvgIpc) is 2.93. The molecule has 0 aliphatic heterocycles. The van der Waals surface area contributed by atoms with Crippen LogP contribution in [0.25, 0.3) is 0 Å². The SMILES string of the molecule is COCCNCc1ccnn1CCOc1ccc(Br)cc1. The Morgan fingerprint density at radius 2 is 2.00 bits per heavy atom. The minimum absolute atomic E-state index is 0.592. The third-order valence-corrected chi connectivity index (χ3v) is 3.51. The first-order chi connectivity index (χ1) is 10.3. The Labute approximate surface area is 133 Å². The fourth-order valence-corrected chi connectivity index (χ4v) is 2.15. The highest BCUT2D eigenvalue weighted by Gasteiger charge is 2.02. The summed E-state index contributed by atoms with van der Waals surface area (Å²) < 4.78 is 13.7. The summed E-state index contributed by atoms with van der Waals surface area (Å²) in [6.07, 6.45) is 1.81. The molecule has 0 fully saturated rings. The molecule has 0 saturated heterocycles. The Bertz CT molecular complexity index is 528. The lowest BCUT2D eigenvalue weighted by Gasteiger charge is -2.10. The highest BCUT2D eigenvalue weighted by atomic mass is 79.9. The van der Waals surface area contributed by atoms with Crippen LogP contribution in [0, 0.1) is 0 Å². The lowest BCUT2D eigenvalue weighted by molar-refractivity contribution is 0.198. The minimum atomic E-state index is 0.592. The molecule has 0 amide bonds. The number of halogens is 1. The molecule has 1 N–H and O–H groups in total. The van der Waals surface area contributed by atoms with Crippen molar-refractivity contribution in [2.45, 2.75) is 13.1 Å². The molecule has 6 heteroatoms. The fourth-order valence-electron chi connectivity index (χ4n) is 1.88. The van der Waals surface area contributed by atoms with Crippen LogP contribution < -0.4 is 10.1 Å². The van der Waals surface area contributed by atoms with E-state index >= 15 is 0 Å². The summed E-state index contributed by atoms with van der Waals surface area (Å²) in [5.41, 5.74) is 1.14. The van der Waals surface area contributed by atoms with E-state index in [4.69, 9.17) is 9.47 Å². The van der Waals surface area contributed by atoms with Gasteiger partial charge in [-0.25, -0.2) is 0 Å². The van der Waals surface area contributed by atoms with Crippen LogP contribution in [0.5, 0.6) is 5.75 Å². The molecule has 0 saturated carbocycles. The summed E-state index contributed by atoms with van der Waals surface area (Å²) in [6, 6.07) is 9.84. The number of rotatable bonds is 9. The molecular weight excluding hydrogens is 334 g/mol. The molecule has 1 aromatic carbocycles. The smallest absolute Gasteiger partial charge is 0.119 e. The van der Waals surface area contributed by atoms with Gasteiger partial charge in [-0.05, 0) is 30.3 Å². The zero-order valence-electron chi connectivity index (χ0n) is 12.1. The number of methoxy groups -OCH3 is 1. The number of ether oxygens (including phenoxy) is 2. The highest BCUT2D eigenvalue weighted by Crippen LogP contribution is 2.16. The largest absolute Gasteiger partial charge is 0.492 e. The van der Waals surface area contributed by atoms with E-state index in [1.54, 1.807) is 7.11 Å². The van der Waals surface area contributed by atoms with Crippen molar-refractivity contribution in [2.75, 3.05) is 26.9 Å². The number of benzene rings is 1. The second kappa shape index (κ2) is 8.81. The normalized spacial score (nSPS) is 10.8. The van der Waals surface area contributed by atoms with E-state index in [1.165, 1.54) is 0 Å². The third kappa shape index (κ3) is 5.49. The Balaban J connectivity index is 1.75. The highest BCUT2D eigenvalue weighted by molar-refractivity contribution is 9.10. The van der Waals surface area contributed by atoms with E-state index in [0.717, 1.165) is 35.6 Å². The van der Waals surface area contributed by atoms with E-state index in [1.807, 2.05) is 41.2 Å². The molecule has 0 spiro atoms. The molecular formula is C15H20BrN3O2. The van der Waals surface area contributed by atoms with E-state index in [0.29, 0.717) is 13.2 Å². The van der Waals surface area contributed by atoms with E-state index in [2.05, 4.69) is 26.3 Å². The van der Waals surface area contributed by atoms with E-state index in [-0.39, 0.29) is 0 Å².